The summed E-state index contributed by atoms with van der Waals surface area (Å²) in [5.41, 5.74) is 7.79. The third-order valence-corrected chi connectivity index (χ3v) is 3.76. The lowest BCUT2D eigenvalue weighted by molar-refractivity contribution is 0.0722. The fourth-order valence-electron chi connectivity index (χ4n) is 2.53. The summed E-state index contributed by atoms with van der Waals surface area (Å²) in [7, 11) is 1.82. The Morgan fingerprint density at radius 1 is 1.29 bits per heavy atom. The largest absolute Gasteiger partial charge is 0.398 e. The van der Waals surface area contributed by atoms with E-state index < -0.39 is 0 Å². The molecule has 1 heterocycles. The van der Waals surface area contributed by atoms with Gasteiger partial charge in [0.25, 0.3) is 5.91 Å². The lowest BCUT2D eigenvalue weighted by atomic mass is 10.0. The van der Waals surface area contributed by atoms with E-state index in [1.54, 1.807) is 11.0 Å². The summed E-state index contributed by atoms with van der Waals surface area (Å²) in [6, 6.07) is 9.44. The summed E-state index contributed by atoms with van der Waals surface area (Å²) >= 11 is 0. The van der Waals surface area contributed by atoms with Gasteiger partial charge in [-0.05, 0) is 31.4 Å². The molecule has 2 N–H and O–H groups in total. The van der Waals surface area contributed by atoms with Crippen LogP contribution in [0.4, 0.5) is 5.69 Å². The second-order valence-electron chi connectivity index (χ2n) is 6.01. The van der Waals surface area contributed by atoms with E-state index in [0.717, 1.165) is 17.3 Å². The second kappa shape index (κ2) is 6.12. The Hall–Kier alpha value is -2.10. The lowest BCUT2D eigenvalue weighted by Crippen LogP contribution is -2.36. The molecule has 0 aliphatic heterocycles. The maximum Gasteiger partial charge on any atom is 0.272 e. The van der Waals surface area contributed by atoms with Gasteiger partial charge in [-0.1, -0.05) is 32.0 Å². The molecule has 1 unspecified atom stereocenters. The normalized spacial score (nSPS) is 12.6. The van der Waals surface area contributed by atoms with Crippen molar-refractivity contribution >= 4 is 22.5 Å². The Morgan fingerprint density at radius 2 is 1.95 bits per heavy atom. The number of carbonyl (C=O) groups excluding carboxylic acids is 1. The fourth-order valence-corrected chi connectivity index (χ4v) is 2.53. The van der Waals surface area contributed by atoms with E-state index in [1.807, 2.05) is 31.3 Å². The predicted octanol–water partition coefficient (Wildman–Crippen LogP) is 3.32. The molecule has 2 rings (SSSR count). The van der Waals surface area contributed by atoms with Crippen LogP contribution in [0.2, 0.25) is 0 Å². The zero-order chi connectivity index (χ0) is 15.6. The quantitative estimate of drug-likeness (QED) is 0.937. The molecule has 1 amide bonds. The number of pyridine rings is 1. The van der Waals surface area contributed by atoms with Gasteiger partial charge in [-0.15, -0.1) is 0 Å². The molecule has 112 valence electrons. The van der Waals surface area contributed by atoms with Gasteiger partial charge in [-0.25, -0.2) is 4.98 Å². The number of fused-ring (bicyclic) bond motifs is 1. The molecule has 2 aromatic rings. The van der Waals surface area contributed by atoms with Crippen LogP contribution in [0, 0.1) is 5.92 Å². The van der Waals surface area contributed by atoms with Gasteiger partial charge in [0.2, 0.25) is 0 Å². The number of hydrogen-bond acceptors (Lipinski definition) is 3. The molecule has 0 spiro atoms. The summed E-state index contributed by atoms with van der Waals surface area (Å²) in [4.78, 5) is 18.8. The highest BCUT2D eigenvalue weighted by molar-refractivity contribution is 5.99. The third kappa shape index (κ3) is 3.32. The van der Waals surface area contributed by atoms with Crippen molar-refractivity contribution < 1.29 is 4.79 Å². The van der Waals surface area contributed by atoms with Crippen molar-refractivity contribution in [1.29, 1.82) is 0 Å². The van der Waals surface area contributed by atoms with Gasteiger partial charge < -0.3 is 10.6 Å². The smallest absolute Gasteiger partial charge is 0.272 e. The summed E-state index contributed by atoms with van der Waals surface area (Å²) in [6.07, 6.45) is 0.964. The summed E-state index contributed by atoms with van der Waals surface area (Å²) in [6.45, 7) is 6.37. The van der Waals surface area contributed by atoms with E-state index in [2.05, 4.69) is 25.8 Å². The van der Waals surface area contributed by atoms with Crippen LogP contribution in [-0.2, 0) is 0 Å². The van der Waals surface area contributed by atoms with Crippen LogP contribution in [0.15, 0.2) is 30.3 Å². The third-order valence-electron chi connectivity index (χ3n) is 3.76. The van der Waals surface area contributed by atoms with E-state index in [1.165, 1.54) is 0 Å². The van der Waals surface area contributed by atoms with Crippen LogP contribution >= 0.6 is 0 Å². The van der Waals surface area contributed by atoms with Gasteiger partial charge in [0.05, 0.1) is 5.52 Å². The van der Waals surface area contributed by atoms with Crippen LogP contribution in [0.5, 0.6) is 0 Å². The van der Waals surface area contributed by atoms with Crippen molar-refractivity contribution in [3.8, 4) is 0 Å². The first-order chi connectivity index (χ1) is 9.90. The van der Waals surface area contributed by atoms with E-state index in [4.69, 9.17) is 5.73 Å². The highest BCUT2D eigenvalue weighted by Gasteiger charge is 2.20. The monoisotopic (exact) mass is 285 g/mol. The molecule has 0 saturated heterocycles. The van der Waals surface area contributed by atoms with Gasteiger partial charge in [0.1, 0.15) is 5.69 Å². The first kappa shape index (κ1) is 15.3. The van der Waals surface area contributed by atoms with Crippen LogP contribution in [0.3, 0.4) is 0 Å². The number of nitrogens with zero attached hydrogens (tertiary/aromatic N) is 2. The van der Waals surface area contributed by atoms with Crippen LogP contribution in [0.25, 0.3) is 10.9 Å². The number of hydrogen-bond donors (Lipinski definition) is 1. The Labute approximate surface area is 126 Å². The fraction of sp³-hybridized carbons (Fsp3) is 0.412. The minimum absolute atomic E-state index is 0.0828. The SMILES string of the molecule is CC(C)CC(C)N(C)C(=O)c1cc(N)c2ccccc2n1. The molecular formula is C17H23N3O. The van der Waals surface area contributed by atoms with Gasteiger partial charge >= 0.3 is 0 Å². The van der Waals surface area contributed by atoms with E-state index >= 15 is 0 Å². The number of anilines is 1. The minimum atomic E-state index is -0.0828. The molecule has 21 heavy (non-hydrogen) atoms. The van der Waals surface area contributed by atoms with Crippen molar-refractivity contribution in [3.05, 3.63) is 36.0 Å². The van der Waals surface area contributed by atoms with Gasteiger partial charge in [0.15, 0.2) is 0 Å². The van der Waals surface area contributed by atoms with E-state index in [9.17, 15) is 4.79 Å². The Morgan fingerprint density at radius 3 is 2.62 bits per heavy atom. The van der Waals surface area contributed by atoms with E-state index in [-0.39, 0.29) is 11.9 Å². The highest BCUT2D eigenvalue weighted by atomic mass is 16.2. The number of nitrogens with two attached hydrogens (primary N) is 1. The predicted molar refractivity (Wildman–Crippen MR) is 87.2 cm³/mol. The van der Waals surface area contributed by atoms with Crippen molar-refractivity contribution in [2.75, 3.05) is 12.8 Å². The van der Waals surface area contributed by atoms with Crippen LogP contribution < -0.4 is 5.73 Å². The molecule has 0 saturated carbocycles. The summed E-state index contributed by atoms with van der Waals surface area (Å²) in [5, 5.41) is 0.881. The topological polar surface area (TPSA) is 59.2 Å². The standard InChI is InChI=1S/C17H23N3O/c1-11(2)9-12(3)20(4)17(21)16-10-14(18)13-7-5-6-8-15(13)19-16/h5-8,10-12H,9H2,1-4H3,(H2,18,19). The zero-order valence-corrected chi connectivity index (χ0v) is 13.1. The van der Waals surface area contributed by atoms with Crippen LogP contribution in [-0.4, -0.2) is 28.9 Å². The highest BCUT2D eigenvalue weighted by Crippen LogP contribution is 2.21. The number of carbonyl (C=O) groups is 1. The number of para-hydroxylation sites is 1. The van der Waals surface area contributed by atoms with Crippen molar-refractivity contribution in [2.45, 2.75) is 33.2 Å². The molecule has 4 heteroatoms. The Kier molecular flexibility index (Phi) is 4.46. The van der Waals surface area contributed by atoms with Gasteiger partial charge in [0, 0.05) is 24.2 Å². The van der Waals surface area contributed by atoms with Crippen molar-refractivity contribution in [3.63, 3.8) is 0 Å². The number of rotatable bonds is 4. The molecule has 1 aromatic carbocycles. The summed E-state index contributed by atoms with van der Waals surface area (Å²) < 4.78 is 0. The average molecular weight is 285 g/mol. The average Bonchev–Trinajstić information content (AvgIpc) is 2.45. The first-order valence-corrected chi connectivity index (χ1v) is 7.32. The molecule has 0 aliphatic rings. The molecule has 1 aromatic heterocycles. The number of benzene rings is 1. The Bertz CT molecular complexity index is 652. The van der Waals surface area contributed by atoms with E-state index in [0.29, 0.717) is 17.3 Å². The van der Waals surface area contributed by atoms with Crippen molar-refractivity contribution in [2.24, 2.45) is 5.92 Å². The number of amides is 1. The molecule has 0 bridgehead atoms. The summed E-state index contributed by atoms with van der Waals surface area (Å²) in [5.74, 6) is 0.463. The maximum atomic E-state index is 12.6. The molecule has 4 nitrogen and oxygen atoms in total. The van der Waals surface area contributed by atoms with Crippen LogP contribution in [0.1, 0.15) is 37.7 Å². The molecular weight excluding hydrogens is 262 g/mol. The maximum absolute atomic E-state index is 12.6. The van der Waals surface area contributed by atoms with Crippen molar-refractivity contribution in [1.82, 2.24) is 9.88 Å². The lowest BCUT2D eigenvalue weighted by Gasteiger charge is -2.26. The molecule has 0 aliphatic carbocycles. The second-order valence-corrected chi connectivity index (χ2v) is 6.01. The number of aromatic nitrogens is 1. The molecule has 0 radical (unpaired) electrons. The molecule has 1 atom stereocenters. The van der Waals surface area contributed by atoms with Gasteiger partial charge in [-0.3, -0.25) is 4.79 Å². The first-order valence-electron chi connectivity index (χ1n) is 7.32. The zero-order valence-electron chi connectivity index (χ0n) is 13.1. The number of nitrogen functional groups attached to an aromatic ring is 1. The Balaban J connectivity index is 2.31. The van der Waals surface area contributed by atoms with Gasteiger partial charge in [-0.2, -0.15) is 0 Å². The minimum Gasteiger partial charge on any atom is -0.398 e. The molecule has 0 fully saturated rings.